The number of carbonyl (C=O) groups excluding carboxylic acids is 1. The number of nitrogens with one attached hydrogen (secondary N) is 1. The summed E-state index contributed by atoms with van der Waals surface area (Å²) < 4.78 is 73.3. The Morgan fingerprint density at radius 3 is 2.10 bits per heavy atom. The largest absolute Gasteiger partial charge is 0.471 e. The topological polar surface area (TPSA) is 134 Å². The second-order valence-corrected chi connectivity index (χ2v) is 10.3. The SMILES string of the molecule is CCc1cc(N)ccc1-c1ccc(/N=N/c2cc(S(=O)(=O)O)c3ccccc3c2NC(=O)C(F)(F)F)cc1CC. The van der Waals surface area contributed by atoms with E-state index in [4.69, 9.17) is 5.73 Å². The van der Waals surface area contributed by atoms with Crippen molar-refractivity contribution in [3.05, 3.63) is 77.9 Å². The van der Waals surface area contributed by atoms with Gasteiger partial charge in [0.05, 0.1) is 11.4 Å². The number of anilines is 2. The van der Waals surface area contributed by atoms with E-state index in [-0.39, 0.29) is 10.8 Å². The lowest BCUT2D eigenvalue weighted by atomic mass is 9.92. The third-order valence-corrected chi connectivity index (χ3v) is 7.20. The Morgan fingerprint density at radius 2 is 1.50 bits per heavy atom. The number of alkyl halides is 3. The molecule has 0 aliphatic heterocycles. The molecule has 0 fully saturated rings. The Balaban J connectivity index is 1.85. The van der Waals surface area contributed by atoms with Crippen molar-refractivity contribution >= 4 is 49.5 Å². The Bertz CT molecular complexity index is 1750. The minimum absolute atomic E-state index is 0.0794. The van der Waals surface area contributed by atoms with Gasteiger partial charge in [-0.1, -0.05) is 50.2 Å². The van der Waals surface area contributed by atoms with E-state index in [2.05, 4.69) is 10.2 Å². The number of nitrogen functional groups attached to an aromatic ring is 1. The van der Waals surface area contributed by atoms with Crippen molar-refractivity contribution in [2.45, 2.75) is 37.8 Å². The standard InChI is InChI=1S/C28H25F3N4O4S/c1-3-16-13-18(32)9-11-20(16)21-12-10-19(14-17(21)4-2)34-35-24-15-25(40(37,38)39)22-7-5-6-8-23(22)26(24)33-27(36)28(29,30)31/h5-15H,3-4,32H2,1-2H3,(H,33,36)(H,37,38,39)/b35-34+. The Labute approximate surface area is 228 Å². The number of hydrogen-bond donors (Lipinski definition) is 3. The van der Waals surface area contributed by atoms with E-state index < -0.39 is 38.5 Å². The molecule has 40 heavy (non-hydrogen) atoms. The molecule has 4 N–H and O–H groups in total. The van der Waals surface area contributed by atoms with Gasteiger partial charge in [0.25, 0.3) is 10.1 Å². The van der Waals surface area contributed by atoms with Crippen LogP contribution in [0.2, 0.25) is 0 Å². The summed E-state index contributed by atoms with van der Waals surface area (Å²) in [5.41, 5.74) is 10.1. The first-order chi connectivity index (χ1) is 18.8. The van der Waals surface area contributed by atoms with Crippen LogP contribution in [0.4, 0.5) is 35.9 Å². The van der Waals surface area contributed by atoms with Gasteiger partial charge in [-0.05, 0) is 65.4 Å². The van der Waals surface area contributed by atoms with Crippen LogP contribution in [0.5, 0.6) is 0 Å². The molecular formula is C28H25F3N4O4S. The third kappa shape index (κ3) is 5.97. The molecule has 1 amide bonds. The van der Waals surface area contributed by atoms with Gasteiger partial charge in [0.15, 0.2) is 0 Å². The first-order valence-electron chi connectivity index (χ1n) is 12.2. The molecular weight excluding hydrogens is 545 g/mol. The van der Waals surface area contributed by atoms with Crippen molar-refractivity contribution in [3.63, 3.8) is 0 Å². The minimum Gasteiger partial charge on any atom is -0.399 e. The average molecular weight is 571 g/mol. The van der Waals surface area contributed by atoms with Crippen LogP contribution in [-0.2, 0) is 27.8 Å². The second-order valence-electron chi connectivity index (χ2n) is 8.91. The molecule has 12 heteroatoms. The monoisotopic (exact) mass is 570 g/mol. The maximum Gasteiger partial charge on any atom is 0.471 e. The number of hydrogen-bond acceptors (Lipinski definition) is 6. The van der Waals surface area contributed by atoms with Crippen LogP contribution in [-0.4, -0.2) is 25.1 Å². The summed E-state index contributed by atoms with van der Waals surface area (Å²) in [4.78, 5) is 11.2. The third-order valence-electron chi connectivity index (χ3n) is 6.30. The minimum atomic E-state index is -5.22. The van der Waals surface area contributed by atoms with E-state index in [1.807, 2.05) is 38.1 Å². The van der Waals surface area contributed by atoms with Crippen LogP contribution in [0.25, 0.3) is 21.9 Å². The van der Waals surface area contributed by atoms with E-state index >= 15 is 0 Å². The highest BCUT2D eigenvalue weighted by Crippen LogP contribution is 2.40. The van der Waals surface area contributed by atoms with Crippen LogP contribution < -0.4 is 11.1 Å². The van der Waals surface area contributed by atoms with E-state index in [1.165, 1.54) is 24.3 Å². The lowest BCUT2D eigenvalue weighted by Gasteiger charge is -2.15. The first kappa shape index (κ1) is 28.7. The fourth-order valence-corrected chi connectivity index (χ4v) is 5.13. The lowest BCUT2D eigenvalue weighted by molar-refractivity contribution is -0.167. The molecule has 0 spiro atoms. The van der Waals surface area contributed by atoms with Gasteiger partial charge in [0.1, 0.15) is 10.6 Å². The number of amides is 1. The Hall–Kier alpha value is -4.29. The summed E-state index contributed by atoms with van der Waals surface area (Å²) >= 11 is 0. The predicted molar refractivity (Wildman–Crippen MR) is 148 cm³/mol. The zero-order valence-electron chi connectivity index (χ0n) is 21.5. The smallest absolute Gasteiger partial charge is 0.399 e. The number of aryl methyl sites for hydroxylation is 2. The van der Waals surface area contributed by atoms with Crippen molar-refractivity contribution in [1.82, 2.24) is 0 Å². The fraction of sp³-hybridized carbons (Fsp3) is 0.179. The molecule has 0 unspecified atom stereocenters. The van der Waals surface area contributed by atoms with Gasteiger partial charge >= 0.3 is 12.1 Å². The number of halogens is 3. The van der Waals surface area contributed by atoms with Crippen LogP contribution in [0.15, 0.2) is 81.9 Å². The summed E-state index contributed by atoms with van der Waals surface area (Å²) in [5, 5.41) is 9.73. The zero-order valence-corrected chi connectivity index (χ0v) is 22.3. The van der Waals surface area contributed by atoms with Crippen molar-refractivity contribution < 1.29 is 30.9 Å². The first-order valence-corrected chi connectivity index (χ1v) is 13.6. The van der Waals surface area contributed by atoms with Crippen molar-refractivity contribution in [2.75, 3.05) is 11.1 Å². The maximum atomic E-state index is 13.1. The number of azo groups is 1. The molecule has 0 radical (unpaired) electrons. The van der Waals surface area contributed by atoms with Gasteiger partial charge < -0.3 is 11.1 Å². The van der Waals surface area contributed by atoms with Gasteiger partial charge in [0, 0.05) is 16.5 Å². The zero-order chi connectivity index (χ0) is 29.2. The lowest BCUT2D eigenvalue weighted by Crippen LogP contribution is -2.30. The van der Waals surface area contributed by atoms with Crippen molar-refractivity contribution in [2.24, 2.45) is 10.2 Å². The number of nitrogens with zero attached hydrogens (tertiary/aromatic N) is 2. The summed E-state index contributed by atoms with van der Waals surface area (Å²) in [5.74, 6) is -2.28. The van der Waals surface area contributed by atoms with Gasteiger partial charge in [-0.2, -0.15) is 26.7 Å². The van der Waals surface area contributed by atoms with Crippen LogP contribution in [0.1, 0.15) is 25.0 Å². The summed E-state index contributed by atoms with van der Waals surface area (Å²) in [6.45, 7) is 3.97. The van der Waals surface area contributed by atoms with Crippen LogP contribution in [0.3, 0.4) is 0 Å². The average Bonchev–Trinajstić information content (AvgIpc) is 2.91. The molecule has 0 bridgehead atoms. The number of carbonyl (C=O) groups is 1. The Kier molecular flexibility index (Phi) is 7.94. The predicted octanol–water partition coefficient (Wildman–Crippen LogP) is 7.38. The molecule has 0 aliphatic rings. The summed E-state index contributed by atoms with van der Waals surface area (Å²) in [6, 6.07) is 17.2. The molecule has 0 heterocycles. The van der Waals surface area contributed by atoms with E-state index in [0.717, 1.165) is 34.7 Å². The molecule has 8 nitrogen and oxygen atoms in total. The highest BCUT2D eigenvalue weighted by atomic mass is 32.2. The Morgan fingerprint density at radius 1 is 0.900 bits per heavy atom. The second kappa shape index (κ2) is 11.1. The number of nitrogens with two attached hydrogens (primary N) is 1. The summed E-state index contributed by atoms with van der Waals surface area (Å²) in [7, 11) is -4.81. The number of fused-ring (bicyclic) bond motifs is 1. The van der Waals surface area contributed by atoms with Gasteiger partial charge in [-0.15, -0.1) is 5.11 Å². The molecule has 0 saturated carbocycles. The molecule has 4 rings (SSSR count). The molecule has 0 atom stereocenters. The van der Waals surface area contributed by atoms with Crippen molar-refractivity contribution in [3.8, 4) is 11.1 Å². The van der Waals surface area contributed by atoms with E-state index in [0.29, 0.717) is 17.8 Å². The number of benzene rings is 4. The molecule has 0 saturated heterocycles. The van der Waals surface area contributed by atoms with Gasteiger partial charge in [-0.3, -0.25) is 9.35 Å². The maximum absolute atomic E-state index is 13.1. The van der Waals surface area contributed by atoms with E-state index in [1.54, 1.807) is 17.4 Å². The van der Waals surface area contributed by atoms with Gasteiger partial charge in [-0.25, -0.2) is 0 Å². The highest BCUT2D eigenvalue weighted by Gasteiger charge is 2.39. The van der Waals surface area contributed by atoms with Gasteiger partial charge in [0.2, 0.25) is 0 Å². The van der Waals surface area contributed by atoms with Crippen molar-refractivity contribution in [1.29, 1.82) is 0 Å². The number of rotatable bonds is 7. The fourth-order valence-electron chi connectivity index (χ4n) is 4.41. The molecule has 208 valence electrons. The van der Waals surface area contributed by atoms with Crippen LogP contribution >= 0.6 is 0 Å². The normalized spacial score (nSPS) is 12.2. The van der Waals surface area contributed by atoms with E-state index in [9.17, 15) is 30.9 Å². The highest BCUT2D eigenvalue weighted by molar-refractivity contribution is 7.86. The molecule has 4 aromatic carbocycles. The quantitative estimate of drug-likeness (QED) is 0.121. The molecule has 4 aromatic rings. The van der Waals surface area contributed by atoms with Crippen LogP contribution in [0, 0.1) is 0 Å². The summed E-state index contributed by atoms with van der Waals surface area (Å²) in [6.07, 6.45) is -3.83. The molecule has 0 aliphatic carbocycles. The molecule has 0 aromatic heterocycles.